The van der Waals surface area contributed by atoms with Crippen LogP contribution in [0.5, 0.6) is 0 Å². The Bertz CT molecular complexity index is 381. The summed E-state index contributed by atoms with van der Waals surface area (Å²) < 4.78 is 37.2. The van der Waals surface area contributed by atoms with Gasteiger partial charge in [-0.15, -0.1) is 11.3 Å². The number of likely N-dealkylation sites (tertiary alicyclic amines) is 1. The van der Waals surface area contributed by atoms with E-state index in [1.807, 2.05) is 0 Å². The van der Waals surface area contributed by atoms with E-state index in [-0.39, 0.29) is 0 Å². The topological polar surface area (TPSA) is 16.1 Å². The van der Waals surface area contributed by atoms with Crippen LogP contribution in [-0.4, -0.2) is 23.0 Å². The van der Waals surface area contributed by atoms with E-state index in [4.69, 9.17) is 0 Å². The third-order valence-corrected chi connectivity index (χ3v) is 4.40. The third-order valence-electron chi connectivity index (χ3n) is 3.46. The van der Waals surface area contributed by atoms with Crippen molar-refractivity contribution in [2.24, 2.45) is 5.92 Å². The molecule has 1 aromatic heterocycles. The Morgan fingerprint density at radius 2 is 2.06 bits per heavy atom. The summed E-state index contributed by atoms with van der Waals surface area (Å²) in [4.78, 5) is 5.86. The monoisotopic (exact) mass is 278 g/mol. The van der Waals surface area contributed by atoms with Gasteiger partial charge in [-0.25, -0.2) is 4.98 Å². The van der Waals surface area contributed by atoms with Gasteiger partial charge in [-0.1, -0.05) is 13.3 Å². The average molecular weight is 278 g/mol. The van der Waals surface area contributed by atoms with E-state index in [0.717, 1.165) is 31.8 Å². The van der Waals surface area contributed by atoms with Gasteiger partial charge in [-0.2, -0.15) is 13.2 Å². The molecule has 2 nitrogen and oxygen atoms in total. The molecular weight excluding hydrogens is 261 g/mol. The fourth-order valence-corrected chi connectivity index (χ4v) is 2.97. The molecule has 0 radical (unpaired) electrons. The second kappa shape index (κ2) is 5.57. The summed E-state index contributed by atoms with van der Waals surface area (Å²) in [5.74, 6) is 0.780. The summed E-state index contributed by atoms with van der Waals surface area (Å²) in [5.41, 5.74) is 0.544. The predicted octanol–water partition coefficient (Wildman–Crippen LogP) is 3.78. The second-order valence-electron chi connectivity index (χ2n) is 4.77. The van der Waals surface area contributed by atoms with E-state index >= 15 is 0 Å². The molecule has 1 fully saturated rings. The smallest absolute Gasteiger partial charge is 0.297 e. The van der Waals surface area contributed by atoms with Gasteiger partial charge >= 0.3 is 6.18 Å². The average Bonchev–Trinajstić information content (AvgIpc) is 2.78. The predicted molar refractivity (Wildman–Crippen MR) is 65.4 cm³/mol. The lowest BCUT2D eigenvalue weighted by Crippen LogP contribution is -2.33. The molecule has 102 valence electrons. The Hall–Kier alpha value is -0.620. The number of thiazole rings is 1. The Kier molecular flexibility index (Phi) is 4.27. The molecule has 1 saturated heterocycles. The van der Waals surface area contributed by atoms with E-state index in [0.29, 0.717) is 23.6 Å². The van der Waals surface area contributed by atoms with Crippen LogP contribution in [0.25, 0.3) is 0 Å². The van der Waals surface area contributed by atoms with Gasteiger partial charge in [0.1, 0.15) is 0 Å². The first kappa shape index (κ1) is 13.8. The third kappa shape index (κ3) is 3.45. The zero-order valence-corrected chi connectivity index (χ0v) is 11.2. The highest BCUT2D eigenvalue weighted by Gasteiger charge is 2.34. The van der Waals surface area contributed by atoms with Crippen molar-refractivity contribution in [3.8, 4) is 0 Å². The Morgan fingerprint density at radius 1 is 1.39 bits per heavy atom. The summed E-state index contributed by atoms with van der Waals surface area (Å²) in [7, 11) is 0. The number of hydrogen-bond donors (Lipinski definition) is 0. The molecule has 0 atom stereocenters. The van der Waals surface area contributed by atoms with Crippen LogP contribution in [0.15, 0.2) is 5.38 Å². The fourth-order valence-electron chi connectivity index (χ4n) is 2.29. The lowest BCUT2D eigenvalue weighted by Gasteiger charge is -2.30. The zero-order valence-electron chi connectivity index (χ0n) is 10.3. The summed E-state index contributed by atoms with van der Waals surface area (Å²) in [6.45, 7) is 4.67. The second-order valence-corrected chi connectivity index (χ2v) is 5.63. The Morgan fingerprint density at radius 3 is 2.56 bits per heavy atom. The highest BCUT2D eigenvalue weighted by Crippen LogP contribution is 2.32. The van der Waals surface area contributed by atoms with Crippen molar-refractivity contribution in [3.05, 3.63) is 16.1 Å². The normalized spacial score (nSPS) is 19.3. The van der Waals surface area contributed by atoms with Crippen molar-refractivity contribution in [1.29, 1.82) is 0 Å². The van der Waals surface area contributed by atoms with Crippen molar-refractivity contribution in [1.82, 2.24) is 9.88 Å². The van der Waals surface area contributed by atoms with Gasteiger partial charge in [0.2, 0.25) is 0 Å². The molecule has 0 saturated carbocycles. The molecule has 18 heavy (non-hydrogen) atoms. The number of nitrogens with zero attached hydrogens (tertiary/aromatic N) is 2. The van der Waals surface area contributed by atoms with Crippen molar-refractivity contribution < 1.29 is 13.2 Å². The van der Waals surface area contributed by atoms with Gasteiger partial charge < -0.3 is 0 Å². The molecule has 1 aliphatic heterocycles. The number of hydrogen-bond acceptors (Lipinski definition) is 3. The highest BCUT2D eigenvalue weighted by molar-refractivity contribution is 7.09. The van der Waals surface area contributed by atoms with Gasteiger partial charge in [0, 0.05) is 11.9 Å². The van der Waals surface area contributed by atoms with Gasteiger partial charge in [-0.3, -0.25) is 4.90 Å². The molecule has 0 bridgehead atoms. The zero-order chi connectivity index (χ0) is 13.2. The maximum absolute atomic E-state index is 12.4. The summed E-state index contributed by atoms with van der Waals surface area (Å²) >= 11 is 0.687. The SMILES string of the molecule is CCC1CCN(Cc2csc(C(F)(F)F)n2)CC1. The lowest BCUT2D eigenvalue weighted by atomic mass is 9.94. The molecule has 2 rings (SSSR count). The van der Waals surface area contributed by atoms with Crippen LogP contribution in [-0.2, 0) is 12.7 Å². The van der Waals surface area contributed by atoms with E-state index in [2.05, 4.69) is 16.8 Å². The first-order valence-corrected chi connectivity index (χ1v) is 7.11. The number of aromatic nitrogens is 1. The molecule has 1 aromatic rings. The van der Waals surface area contributed by atoms with Gasteiger partial charge in [0.05, 0.1) is 5.69 Å². The highest BCUT2D eigenvalue weighted by atomic mass is 32.1. The minimum atomic E-state index is -4.31. The standard InChI is InChI=1S/C12H17F3N2S/c1-2-9-3-5-17(6-4-9)7-10-8-18-11(16-10)12(13,14)15/h8-9H,2-7H2,1H3. The molecule has 0 spiro atoms. The Balaban J connectivity index is 1.89. The fraction of sp³-hybridized carbons (Fsp3) is 0.750. The molecule has 0 N–H and O–H groups in total. The molecule has 0 amide bonds. The summed E-state index contributed by atoms with van der Waals surface area (Å²) in [6, 6.07) is 0. The molecule has 1 aliphatic rings. The van der Waals surface area contributed by atoms with E-state index in [9.17, 15) is 13.2 Å². The van der Waals surface area contributed by atoms with Crippen molar-refractivity contribution in [3.63, 3.8) is 0 Å². The number of alkyl halides is 3. The van der Waals surface area contributed by atoms with Crippen LogP contribution in [0, 0.1) is 5.92 Å². The van der Waals surface area contributed by atoms with Crippen LogP contribution in [0.4, 0.5) is 13.2 Å². The molecule has 0 aliphatic carbocycles. The quantitative estimate of drug-likeness (QED) is 0.836. The first-order chi connectivity index (χ1) is 8.49. The maximum atomic E-state index is 12.4. The van der Waals surface area contributed by atoms with Crippen LogP contribution in [0.2, 0.25) is 0 Å². The van der Waals surface area contributed by atoms with E-state index in [1.54, 1.807) is 0 Å². The van der Waals surface area contributed by atoms with Crippen LogP contribution in [0.3, 0.4) is 0 Å². The molecular formula is C12H17F3N2S. The minimum absolute atomic E-state index is 0.544. The van der Waals surface area contributed by atoms with Gasteiger partial charge in [0.15, 0.2) is 5.01 Å². The summed E-state index contributed by atoms with van der Waals surface area (Å²) in [6.07, 6.45) is -0.819. The largest absolute Gasteiger partial charge is 0.443 e. The molecule has 2 heterocycles. The minimum Gasteiger partial charge on any atom is -0.297 e. The van der Waals surface area contributed by atoms with E-state index in [1.165, 1.54) is 11.8 Å². The molecule has 0 aromatic carbocycles. The molecule has 0 unspecified atom stereocenters. The maximum Gasteiger partial charge on any atom is 0.443 e. The van der Waals surface area contributed by atoms with Gasteiger partial charge in [-0.05, 0) is 31.8 Å². The van der Waals surface area contributed by atoms with E-state index < -0.39 is 11.2 Å². The first-order valence-electron chi connectivity index (χ1n) is 6.23. The van der Waals surface area contributed by atoms with Crippen LogP contribution >= 0.6 is 11.3 Å². The van der Waals surface area contributed by atoms with Crippen LogP contribution in [0.1, 0.15) is 36.9 Å². The Labute approximate surface area is 109 Å². The number of halogens is 3. The van der Waals surface area contributed by atoms with Gasteiger partial charge in [0.25, 0.3) is 0 Å². The number of rotatable bonds is 3. The van der Waals surface area contributed by atoms with Crippen molar-refractivity contribution >= 4 is 11.3 Å². The van der Waals surface area contributed by atoms with Crippen molar-refractivity contribution in [2.75, 3.05) is 13.1 Å². The van der Waals surface area contributed by atoms with Crippen molar-refractivity contribution in [2.45, 2.75) is 38.9 Å². The number of piperidine rings is 1. The lowest BCUT2D eigenvalue weighted by molar-refractivity contribution is -0.137. The van der Waals surface area contributed by atoms with Crippen LogP contribution < -0.4 is 0 Å². The summed E-state index contributed by atoms with van der Waals surface area (Å²) in [5, 5.41) is 0.787. The molecule has 6 heteroatoms.